The maximum atomic E-state index is 6.20. The van der Waals surface area contributed by atoms with E-state index in [2.05, 4.69) is 12.2 Å². The zero-order valence-corrected chi connectivity index (χ0v) is 11.9. The first-order valence-corrected chi connectivity index (χ1v) is 6.77. The van der Waals surface area contributed by atoms with E-state index in [4.69, 9.17) is 21.1 Å². The number of hydrogen-bond acceptors (Lipinski definition) is 3. The fourth-order valence-corrected chi connectivity index (χ4v) is 1.79. The Labute approximate surface area is 114 Å². The van der Waals surface area contributed by atoms with E-state index in [0.717, 1.165) is 42.3 Å². The van der Waals surface area contributed by atoms with Gasteiger partial charge >= 0.3 is 0 Å². The van der Waals surface area contributed by atoms with Crippen molar-refractivity contribution in [3.63, 3.8) is 0 Å². The lowest BCUT2D eigenvalue weighted by Gasteiger charge is -2.13. The summed E-state index contributed by atoms with van der Waals surface area (Å²) < 4.78 is 10.8. The first kappa shape index (κ1) is 15.3. The van der Waals surface area contributed by atoms with Crippen molar-refractivity contribution in [3.05, 3.63) is 28.8 Å². The number of rotatable bonds is 9. The topological polar surface area (TPSA) is 30.5 Å². The lowest BCUT2D eigenvalue weighted by Crippen LogP contribution is -2.19. The van der Waals surface area contributed by atoms with Crippen LogP contribution in [0, 0.1) is 0 Å². The third kappa shape index (κ3) is 5.25. The molecule has 18 heavy (non-hydrogen) atoms. The van der Waals surface area contributed by atoms with Crippen molar-refractivity contribution >= 4 is 11.6 Å². The van der Waals surface area contributed by atoms with Crippen LogP contribution < -0.4 is 10.1 Å². The molecule has 0 saturated heterocycles. The van der Waals surface area contributed by atoms with Gasteiger partial charge in [-0.1, -0.05) is 31.0 Å². The average molecular weight is 272 g/mol. The largest absolute Gasteiger partial charge is 0.493 e. The van der Waals surface area contributed by atoms with E-state index in [9.17, 15) is 0 Å². The Morgan fingerprint density at radius 3 is 2.83 bits per heavy atom. The molecule has 0 aromatic heterocycles. The molecule has 4 heteroatoms. The maximum Gasteiger partial charge on any atom is 0.125 e. The van der Waals surface area contributed by atoms with E-state index in [1.165, 1.54) is 0 Å². The molecule has 0 saturated carbocycles. The monoisotopic (exact) mass is 271 g/mol. The summed E-state index contributed by atoms with van der Waals surface area (Å²) in [5.41, 5.74) is 1.02. The molecule has 0 aliphatic carbocycles. The van der Waals surface area contributed by atoms with Crippen LogP contribution in [0.2, 0.25) is 5.02 Å². The van der Waals surface area contributed by atoms with Gasteiger partial charge in [-0.25, -0.2) is 0 Å². The van der Waals surface area contributed by atoms with Gasteiger partial charge in [0, 0.05) is 30.8 Å². The number of hydrogen-bond donors (Lipinski definition) is 1. The van der Waals surface area contributed by atoms with Gasteiger partial charge in [0.25, 0.3) is 0 Å². The lowest BCUT2D eigenvalue weighted by atomic mass is 10.2. The Kier molecular flexibility index (Phi) is 7.81. The minimum Gasteiger partial charge on any atom is -0.493 e. The SMILES string of the molecule is CCCCOc1cccc(Cl)c1CNCCOC. The van der Waals surface area contributed by atoms with E-state index in [0.29, 0.717) is 13.2 Å². The maximum absolute atomic E-state index is 6.20. The van der Waals surface area contributed by atoms with Crippen LogP contribution in [0.3, 0.4) is 0 Å². The van der Waals surface area contributed by atoms with Crippen LogP contribution in [0.1, 0.15) is 25.3 Å². The number of methoxy groups -OCH3 is 1. The average Bonchev–Trinajstić information content (AvgIpc) is 2.37. The predicted molar refractivity (Wildman–Crippen MR) is 75.4 cm³/mol. The van der Waals surface area contributed by atoms with Gasteiger partial charge in [0.1, 0.15) is 5.75 Å². The zero-order valence-electron chi connectivity index (χ0n) is 11.2. The highest BCUT2D eigenvalue weighted by Gasteiger charge is 2.07. The number of nitrogens with one attached hydrogen (secondary N) is 1. The van der Waals surface area contributed by atoms with Crippen LogP contribution in [0.4, 0.5) is 0 Å². The minimum absolute atomic E-state index is 0.691. The lowest BCUT2D eigenvalue weighted by molar-refractivity contribution is 0.199. The summed E-state index contributed by atoms with van der Waals surface area (Å²) >= 11 is 6.20. The molecular formula is C14H22ClNO2. The zero-order chi connectivity index (χ0) is 13.2. The van der Waals surface area contributed by atoms with Crippen LogP contribution >= 0.6 is 11.6 Å². The molecule has 1 N–H and O–H groups in total. The Morgan fingerprint density at radius 2 is 2.11 bits per heavy atom. The molecule has 0 amide bonds. The van der Waals surface area contributed by atoms with Crippen LogP contribution in [-0.2, 0) is 11.3 Å². The number of halogens is 1. The van der Waals surface area contributed by atoms with E-state index in [1.54, 1.807) is 7.11 Å². The molecule has 0 unspecified atom stereocenters. The van der Waals surface area contributed by atoms with Crippen molar-refractivity contribution < 1.29 is 9.47 Å². The van der Waals surface area contributed by atoms with Crippen molar-refractivity contribution in [2.24, 2.45) is 0 Å². The highest BCUT2D eigenvalue weighted by molar-refractivity contribution is 6.31. The van der Waals surface area contributed by atoms with Crippen molar-refractivity contribution in [1.82, 2.24) is 5.32 Å². The van der Waals surface area contributed by atoms with Crippen LogP contribution in [0.15, 0.2) is 18.2 Å². The number of benzene rings is 1. The normalized spacial score (nSPS) is 10.6. The fraction of sp³-hybridized carbons (Fsp3) is 0.571. The molecule has 0 spiro atoms. The summed E-state index contributed by atoms with van der Waals surface area (Å²) in [6.07, 6.45) is 2.19. The molecule has 0 fully saturated rings. The second-order valence-corrected chi connectivity index (χ2v) is 4.50. The molecule has 3 nitrogen and oxygen atoms in total. The molecule has 0 atom stereocenters. The molecular weight excluding hydrogens is 250 g/mol. The van der Waals surface area contributed by atoms with Gasteiger partial charge < -0.3 is 14.8 Å². The Morgan fingerprint density at radius 1 is 1.28 bits per heavy atom. The van der Waals surface area contributed by atoms with Crippen LogP contribution in [-0.4, -0.2) is 26.9 Å². The second-order valence-electron chi connectivity index (χ2n) is 4.09. The summed E-state index contributed by atoms with van der Waals surface area (Å²) in [5, 5.41) is 4.03. The van der Waals surface area contributed by atoms with Gasteiger partial charge in [-0.15, -0.1) is 0 Å². The van der Waals surface area contributed by atoms with Crippen LogP contribution in [0.5, 0.6) is 5.75 Å². The molecule has 1 rings (SSSR count). The number of unbranched alkanes of at least 4 members (excludes halogenated alkanes) is 1. The first-order valence-electron chi connectivity index (χ1n) is 6.39. The van der Waals surface area contributed by atoms with Gasteiger partial charge in [0.05, 0.1) is 13.2 Å². The fourth-order valence-electron chi connectivity index (χ4n) is 1.56. The van der Waals surface area contributed by atoms with Crippen LogP contribution in [0.25, 0.3) is 0 Å². The molecule has 0 bridgehead atoms. The van der Waals surface area contributed by atoms with Gasteiger partial charge in [-0.3, -0.25) is 0 Å². The van der Waals surface area contributed by atoms with E-state index >= 15 is 0 Å². The Balaban J connectivity index is 2.56. The molecule has 1 aromatic carbocycles. The highest BCUT2D eigenvalue weighted by atomic mass is 35.5. The first-order chi connectivity index (χ1) is 8.79. The molecule has 102 valence electrons. The third-order valence-electron chi connectivity index (χ3n) is 2.62. The standard InChI is InChI=1S/C14H22ClNO2/c1-3-4-9-18-14-7-5-6-13(15)12(14)11-16-8-10-17-2/h5-7,16H,3-4,8-11H2,1-2H3. The Bertz CT molecular complexity index is 345. The minimum atomic E-state index is 0.691. The van der Waals surface area contributed by atoms with Gasteiger partial charge in [-0.2, -0.15) is 0 Å². The molecule has 0 aliphatic heterocycles. The van der Waals surface area contributed by atoms with Gasteiger partial charge in [0.15, 0.2) is 0 Å². The summed E-state index contributed by atoms with van der Waals surface area (Å²) in [4.78, 5) is 0. The molecule has 0 aliphatic rings. The Hall–Kier alpha value is -0.770. The summed E-state index contributed by atoms with van der Waals surface area (Å²) in [6, 6.07) is 5.78. The molecule has 0 radical (unpaired) electrons. The summed E-state index contributed by atoms with van der Waals surface area (Å²) in [7, 11) is 1.69. The van der Waals surface area contributed by atoms with Crippen molar-refractivity contribution in [2.75, 3.05) is 26.9 Å². The smallest absolute Gasteiger partial charge is 0.125 e. The summed E-state index contributed by atoms with van der Waals surface area (Å²) in [5.74, 6) is 0.876. The highest BCUT2D eigenvalue weighted by Crippen LogP contribution is 2.26. The molecule has 1 aromatic rings. The van der Waals surface area contributed by atoms with E-state index in [-0.39, 0.29) is 0 Å². The predicted octanol–water partition coefficient (Wildman–Crippen LogP) is 3.25. The van der Waals surface area contributed by atoms with Crippen molar-refractivity contribution in [2.45, 2.75) is 26.3 Å². The van der Waals surface area contributed by atoms with Gasteiger partial charge in [0.2, 0.25) is 0 Å². The number of ether oxygens (including phenoxy) is 2. The van der Waals surface area contributed by atoms with E-state index in [1.807, 2.05) is 18.2 Å². The van der Waals surface area contributed by atoms with Gasteiger partial charge in [-0.05, 0) is 18.6 Å². The third-order valence-corrected chi connectivity index (χ3v) is 2.97. The summed E-state index contributed by atoms with van der Waals surface area (Å²) in [6.45, 7) is 5.08. The van der Waals surface area contributed by atoms with Crippen molar-refractivity contribution in [3.8, 4) is 5.75 Å². The van der Waals surface area contributed by atoms with E-state index < -0.39 is 0 Å². The van der Waals surface area contributed by atoms with Crippen molar-refractivity contribution in [1.29, 1.82) is 0 Å². The molecule has 0 heterocycles. The second kappa shape index (κ2) is 9.20. The quantitative estimate of drug-likeness (QED) is 0.700.